The van der Waals surface area contributed by atoms with Crippen molar-refractivity contribution in [1.29, 1.82) is 0 Å². The van der Waals surface area contributed by atoms with E-state index in [4.69, 9.17) is 4.52 Å². The molecule has 28 heavy (non-hydrogen) atoms. The molecule has 0 saturated carbocycles. The third-order valence-corrected chi connectivity index (χ3v) is 6.16. The number of halogens is 1. The van der Waals surface area contributed by atoms with Gasteiger partial charge in [0.1, 0.15) is 5.69 Å². The highest BCUT2D eigenvalue weighted by molar-refractivity contribution is 5.86. The Balaban J connectivity index is 0.00000192. The topological polar surface area (TPSA) is 58.4 Å². The number of benzene rings is 2. The van der Waals surface area contributed by atoms with Crippen LogP contribution in [0.4, 0.5) is 0 Å². The molecular weight excluding hydrogens is 374 g/mol. The summed E-state index contributed by atoms with van der Waals surface area (Å²) in [6.07, 6.45) is 0.284. The van der Waals surface area contributed by atoms with Gasteiger partial charge in [-0.05, 0) is 36.1 Å². The number of carbonyl (C=O) groups excluding carboxylic acids is 1. The molecule has 146 valence electrons. The van der Waals surface area contributed by atoms with Gasteiger partial charge in [-0.3, -0.25) is 4.79 Å². The molecule has 6 heteroatoms. The van der Waals surface area contributed by atoms with Crippen LogP contribution in [-0.4, -0.2) is 35.6 Å². The van der Waals surface area contributed by atoms with E-state index in [9.17, 15) is 4.79 Å². The van der Waals surface area contributed by atoms with Gasteiger partial charge in [-0.15, -0.1) is 12.4 Å². The highest BCUT2D eigenvalue weighted by Gasteiger charge is 2.47. The van der Waals surface area contributed by atoms with Crippen molar-refractivity contribution in [1.82, 2.24) is 15.4 Å². The Bertz CT molecular complexity index is 1000. The zero-order valence-electron chi connectivity index (χ0n) is 15.8. The predicted octanol–water partition coefficient (Wildman–Crippen LogP) is 3.52. The quantitative estimate of drug-likeness (QED) is 0.734. The lowest BCUT2D eigenvalue weighted by atomic mass is 9.87. The van der Waals surface area contributed by atoms with Crippen LogP contribution in [0, 0.1) is 18.8 Å². The summed E-state index contributed by atoms with van der Waals surface area (Å²) in [6.45, 7) is 4.91. The lowest BCUT2D eigenvalue weighted by Crippen LogP contribution is -2.36. The first kappa shape index (κ1) is 19.0. The number of rotatable bonds is 3. The fraction of sp³-hybridized carbons (Fsp3) is 0.364. The number of carbonyl (C=O) groups is 1. The first-order chi connectivity index (χ1) is 13.2. The minimum absolute atomic E-state index is 0. The van der Waals surface area contributed by atoms with E-state index in [0.717, 1.165) is 36.3 Å². The Hall–Kier alpha value is -2.37. The Morgan fingerprint density at radius 3 is 2.82 bits per heavy atom. The number of nitrogens with zero attached hydrogens (tertiary/aromatic N) is 2. The van der Waals surface area contributed by atoms with Crippen LogP contribution in [0.5, 0.6) is 0 Å². The van der Waals surface area contributed by atoms with Crippen molar-refractivity contribution in [3.63, 3.8) is 0 Å². The monoisotopic (exact) mass is 397 g/mol. The molecule has 2 aromatic carbocycles. The molecule has 2 aliphatic heterocycles. The molecule has 1 amide bonds. The van der Waals surface area contributed by atoms with Gasteiger partial charge in [0.25, 0.3) is 0 Å². The maximum atomic E-state index is 13.3. The lowest BCUT2D eigenvalue weighted by molar-refractivity contribution is -0.132. The molecule has 0 spiro atoms. The summed E-state index contributed by atoms with van der Waals surface area (Å²) in [5.74, 6) is 1.13. The summed E-state index contributed by atoms with van der Waals surface area (Å²) < 4.78 is 5.39. The zero-order valence-corrected chi connectivity index (χ0v) is 16.6. The second-order valence-corrected chi connectivity index (χ2v) is 7.73. The molecule has 0 unspecified atom stereocenters. The van der Waals surface area contributed by atoms with E-state index >= 15 is 0 Å². The zero-order chi connectivity index (χ0) is 18.4. The number of likely N-dealkylation sites (tertiary alicyclic amines) is 1. The summed E-state index contributed by atoms with van der Waals surface area (Å²) in [5.41, 5.74) is 3.99. The SMILES string of the molecule is Cc1ccccc1[C@@H]1[C@H]2CNC[C@H]2CN1C(=O)Cc1noc2ccccc12.Cl. The van der Waals surface area contributed by atoms with Crippen molar-refractivity contribution >= 4 is 29.3 Å². The summed E-state index contributed by atoms with van der Waals surface area (Å²) >= 11 is 0. The summed E-state index contributed by atoms with van der Waals surface area (Å²) in [6, 6.07) is 16.3. The maximum absolute atomic E-state index is 13.3. The van der Waals surface area contributed by atoms with E-state index < -0.39 is 0 Å². The molecule has 3 atom stereocenters. The molecule has 2 aliphatic rings. The number of para-hydroxylation sites is 1. The Morgan fingerprint density at radius 1 is 1.18 bits per heavy atom. The average Bonchev–Trinajstić information content (AvgIpc) is 3.37. The number of amides is 1. The first-order valence-corrected chi connectivity index (χ1v) is 9.61. The first-order valence-electron chi connectivity index (χ1n) is 9.61. The maximum Gasteiger partial charge on any atom is 0.229 e. The predicted molar refractivity (Wildman–Crippen MR) is 110 cm³/mol. The van der Waals surface area contributed by atoms with Gasteiger partial charge in [-0.1, -0.05) is 41.6 Å². The van der Waals surface area contributed by atoms with Crippen LogP contribution in [0.25, 0.3) is 11.0 Å². The van der Waals surface area contributed by atoms with Crippen LogP contribution in [0.2, 0.25) is 0 Å². The molecule has 5 rings (SSSR count). The van der Waals surface area contributed by atoms with Crippen LogP contribution in [0.15, 0.2) is 53.1 Å². The van der Waals surface area contributed by atoms with Gasteiger partial charge < -0.3 is 14.7 Å². The van der Waals surface area contributed by atoms with Gasteiger partial charge in [-0.2, -0.15) is 0 Å². The molecule has 5 nitrogen and oxygen atoms in total. The normalized spacial score (nSPS) is 23.6. The third kappa shape index (κ3) is 3.09. The Morgan fingerprint density at radius 2 is 1.96 bits per heavy atom. The van der Waals surface area contributed by atoms with Gasteiger partial charge in [-0.25, -0.2) is 0 Å². The molecule has 2 fully saturated rings. The summed E-state index contributed by atoms with van der Waals surface area (Å²) in [4.78, 5) is 15.4. The number of hydrogen-bond donors (Lipinski definition) is 1. The average molecular weight is 398 g/mol. The van der Waals surface area contributed by atoms with E-state index in [-0.39, 0.29) is 30.8 Å². The molecule has 2 saturated heterocycles. The second-order valence-electron chi connectivity index (χ2n) is 7.73. The smallest absolute Gasteiger partial charge is 0.229 e. The van der Waals surface area contributed by atoms with Crippen LogP contribution >= 0.6 is 12.4 Å². The molecular formula is C22H24ClN3O2. The van der Waals surface area contributed by atoms with E-state index in [1.165, 1.54) is 11.1 Å². The van der Waals surface area contributed by atoms with Crippen molar-refractivity contribution in [3.05, 3.63) is 65.4 Å². The van der Waals surface area contributed by atoms with Crippen LogP contribution < -0.4 is 5.32 Å². The van der Waals surface area contributed by atoms with E-state index in [0.29, 0.717) is 11.8 Å². The van der Waals surface area contributed by atoms with Crippen LogP contribution in [0.3, 0.4) is 0 Å². The number of nitrogens with one attached hydrogen (secondary N) is 1. The fourth-order valence-corrected chi connectivity index (χ4v) is 4.80. The molecule has 0 aliphatic carbocycles. The molecule has 0 bridgehead atoms. The largest absolute Gasteiger partial charge is 0.356 e. The van der Waals surface area contributed by atoms with Crippen LogP contribution in [-0.2, 0) is 11.2 Å². The number of fused-ring (bicyclic) bond motifs is 2. The summed E-state index contributed by atoms with van der Waals surface area (Å²) in [7, 11) is 0. The van der Waals surface area contributed by atoms with Crippen LogP contribution in [0.1, 0.15) is 22.9 Å². The number of aryl methyl sites for hydroxylation is 1. The Kier molecular flexibility index (Phi) is 5.13. The highest BCUT2D eigenvalue weighted by Crippen LogP contribution is 2.43. The standard InChI is InChI=1S/C22H23N3O2.ClH/c1-14-6-2-3-7-16(14)22-18-12-23-11-15(18)13-25(22)21(26)10-19-17-8-4-5-9-20(17)27-24-19;/h2-9,15,18,22-23H,10-13H2,1H3;1H/t15-,18-,22+;/m0./s1. The van der Waals surface area contributed by atoms with Crippen molar-refractivity contribution in [2.45, 2.75) is 19.4 Å². The van der Waals surface area contributed by atoms with Gasteiger partial charge in [0, 0.05) is 30.9 Å². The van der Waals surface area contributed by atoms with Crippen molar-refractivity contribution < 1.29 is 9.32 Å². The second kappa shape index (κ2) is 7.57. The fourth-order valence-electron chi connectivity index (χ4n) is 4.80. The highest BCUT2D eigenvalue weighted by atomic mass is 35.5. The molecule has 3 aromatic rings. The van der Waals surface area contributed by atoms with Gasteiger partial charge >= 0.3 is 0 Å². The molecule has 3 heterocycles. The van der Waals surface area contributed by atoms with Gasteiger partial charge in [0.15, 0.2) is 5.58 Å². The van der Waals surface area contributed by atoms with Crippen molar-refractivity contribution in [2.75, 3.05) is 19.6 Å². The lowest BCUT2D eigenvalue weighted by Gasteiger charge is -2.29. The molecule has 1 N–H and O–H groups in total. The minimum atomic E-state index is 0. The van der Waals surface area contributed by atoms with Crippen molar-refractivity contribution in [3.8, 4) is 0 Å². The van der Waals surface area contributed by atoms with E-state index in [2.05, 4.69) is 46.6 Å². The molecule has 1 aromatic heterocycles. The number of aromatic nitrogens is 1. The van der Waals surface area contributed by atoms with Crippen molar-refractivity contribution in [2.24, 2.45) is 11.8 Å². The Labute approximate surface area is 170 Å². The third-order valence-electron chi connectivity index (χ3n) is 6.16. The van der Waals surface area contributed by atoms with E-state index in [1.54, 1.807) is 0 Å². The minimum Gasteiger partial charge on any atom is -0.356 e. The summed E-state index contributed by atoms with van der Waals surface area (Å²) in [5, 5.41) is 8.60. The molecule has 0 radical (unpaired) electrons. The number of hydrogen-bond acceptors (Lipinski definition) is 4. The van der Waals surface area contributed by atoms with Gasteiger partial charge in [0.05, 0.1) is 12.5 Å². The van der Waals surface area contributed by atoms with Gasteiger partial charge in [0.2, 0.25) is 5.91 Å². The van der Waals surface area contributed by atoms with E-state index in [1.807, 2.05) is 24.3 Å².